The molecule has 0 aliphatic rings. The lowest BCUT2D eigenvalue weighted by atomic mass is 9.99. The number of phosphoric ester groups is 2. The minimum absolute atomic E-state index is 0.0975. The third-order valence-electron chi connectivity index (χ3n) is 16.2. The van der Waals surface area contributed by atoms with Crippen molar-refractivity contribution < 1.29 is 80.2 Å². The molecule has 0 radical (unpaired) electrons. The lowest BCUT2D eigenvalue weighted by Gasteiger charge is -2.21. The average molecular weight is 1310 g/mol. The second kappa shape index (κ2) is 60.5. The summed E-state index contributed by atoms with van der Waals surface area (Å²) in [6.07, 6.45) is 46.6. The van der Waals surface area contributed by atoms with Crippen molar-refractivity contribution in [1.29, 1.82) is 0 Å². The topological polar surface area (TPSA) is 237 Å². The van der Waals surface area contributed by atoms with Gasteiger partial charge in [0.05, 0.1) is 26.4 Å². The number of carbonyl (C=O) groups is 4. The van der Waals surface area contributed by atoms with E-state index in [4.69, 9.17) is 37.0 Å². The van der Waals surface area contributed by atoms with Gasteiger partial charge in [0.25, 0.3) is 0 Å². The van der Waals surface area contributed by atoms with E-state index in [1.807, 2.05) is 0 Å². The maximum atomic E-state index is 13.0. The Morgan fingerprint density at radius 3 is 1.00 bits per heavy atom. The first-order chi connectivity index (χ1) is 42.8. The number of ether oxygens (including phenoxy) is 4. The smallest absolute Gasteiger partial charge is 0.462 e. The molecule has 0 saturated carbocycles. The molecule has 0 spiro atoms. The van der Waals surface area contributed by atoms with E-state index in [1.165, 1.54) is 109 Å². The molecule has 0 aromatic heterocycles. The summed E-state index contributed by atoms with van der Waals surface area (Å²) >= 11 is 0. The Hall–Kier alpha value is -2.46. The highest BCUT2D eigenvalue weighted by Crippen LogP contribution is 2.45. The van der Waals surface area contributed by atoms with Crippen LogP contribution in [0.2, 0.25) is 0 Å². The fraction of sp³-hybridized carbons (Fsp3) is 0.886. The summed E-state index contributed by atoms with van der Waals surface area (Å²) in [6, 6.07) is 0. The lowest BCUT2D eigenvalue weighted by Crippen LogP contribution is -2.30. The summed E-state index contributed by atoms with van der Waals surface area (Å²) in [5.41, 5.74) is 0. The SMILES string of the molecule is CCCCCC/C=C\C=C/CCCCCCCC(=O)OC[C@H](COP(=O)(O)OCC(O)COP(=O)(O)OC[C@@H](COC(=O)CCCCCCCCCC(C)C)OC(=O)CCCCCCCCCCC(C)CC)OC(=O)CCCCCCCCCCC(C)CC. The van der Waals surface area contributed by atoms with Crippen LogP contribution in [0.1, 0.15) is 325 Å². The van der Waals surface area contributed by atoms with Crippen molar-refractivity contribution in [2.75, 3.05) is 39.6 Å². The molecule has 0 saturated heterocycles. The molecule has 5 unspecified atom stereocenters. The highest BCUT2D eigenvalue weighted by Gasteiger charge is 2.30. The number of rotatable bonds is 66. The molecule has 89 heavy (non-hydrogen) atoms. The van der Waals surface area contributed by atoms with Gasteiger partial charge in [0, 0.05) is 25.7 Å². The fourth-order valence-corrected chi connectivity index (χ4v) is 11.5. The lowest BCUT2D eigenvalue weighted by molar-refractivity contribution is -0.161. The highest BCUT2D eigenvalue weighted by molar-refractivity contribution is 7.47. The van der Waals surface area contributed by atoms with E-state index < -0.39 is 97.5 Å². The van der Waals surface area contributed by atoms with E-state index in [1.54, 1.807) is 0 Å². The Morgan fingerprint density at radius 1 is 0.371 bits per heavy atom. The quantitative estimate of drug-likeness (QED) is 0.0169. The van der Waals surface area contributed by atoms with Gasteiger partial charge >= 0.3 is 39.5 Å². The number of carbonyl (C=O) groups excluding carboxylic acids is 4. The zero-order valence-corrected chi connectivity index (χ0v) is 59.2. The summed E-state index contributed by atoms with van der Waals surface area (Å²) in [7, 11) is -9.91. The van der Waals surface area contributed by atoms with Gasteiger partial charge in [0.15, 0.2) is 12.2 Å². The molecule has 19 heteroatoms. The Balaban J connectivity index is 5.30. The molecule has 7 atom stereocenters. The van der Waals surface area contributed by atoms with Gasteiger partial charge in [-0.2, -0.15) is 0 Å². The van der Waals surface area contributed by atoms with Gasteiger partial charge in [0.1, 0.15) is 19.3 Å². The van der Waals surface area contributed by atoms with Gasteiger partial charge in [0.2, 0.25) is 0 Å². The van der Waals surface area contributed by atoms with Gasteiger partial charge in [-0.15, -0.1) is 0 Å². The molecule has 0 bridgehead atoms. The number of hydrogen-bond acceptors (Lipinski definition) is 15. The number of hydrogen-bond donors (Lipinski definition) is 3. The maximum absolute atomic E-state index is 13.0. The molecule has 0 aromatic rings. The van der Waals surface area contributed by atoms with Gasteiger partial charge < -0.3 is 33.8 Å². The van der Waals surface area contributed by atoms with Crippen LogP contribution >= 0.6 is 15.6 Å². The van der Waals surface area contributed by atoms with Gasteiger partial charge in [-0.25, -0.2) is 9.13 Å². The molecule has 0 aliphatic heterocycles. The van der Waals surface area contributed by atoms with Crippen molar-refractivity contribution >= 4 is 39.5 Å². The summed E-state index contributed by atoms with van der Waals surface area (Å²) in [5, 5.41) is 10.6. The first-order valence-corrected chi connectivity index (χ1v) is 38.7. The Kier molecular flexibility index (Phi) is 58.8. The van der Waals surface area contributed by atoms with Crippen molar-refractivity contribution in [3.8, 4) is 0 Å². The van der Waals surface area contributed by atoms with E-state index >= 15 is 0 Å². The molecule has 0 heterocycles. The van der Waals surface area contributed by atoms with Crippen LogP contribution in [0.5, 0.6) is 0 Å². The van der Waals surface area contributed by atoms with E-state index in [-0.39, 0.29) is 25.7 Å². The van der Waals surface area contributed by atoms with Crippen LogP contribution in [0, 0.1) is 17.8 Å². The Labute approximate surface area is 542 Å². The molecule has 3 N–H and O–H groups in total. The number of unbranched alkanes of at least 4 members (excludes halogenated alkanes) is 29. The minimum Gasteiger partial charge on any atom is -0.462 e. The molecule has 0 fully saturated rings. The van der Waals surface area contributed by atoms with Crippen LogP contribution in [0.25, 0.3) is 0 Å². The van der Waals surface area contributed by atoms with Crippen LogP contribution in [0.4, 0.5) is 0 Å². The summed E-state index contributed by atoms with van der Waals surface area (Å²) in [6.45, 7) is 11.7. The van der Waals surface area contributed by atoms with Crippen LogP contribution in [0.15, 0.2) is 24.3 Å². The van der Waals surface area contributed by atoms with E-state index in [9.17, 15) is 43.2 Å². The second-order valence-corrected chi connectivity index (χ2v) is 28.5. The predicted octanol–water partition coefficient (Wildman–Crippen LogP) is 19.4. The molecule has 0 aliphatic carbocycles. The monoisotopic (exact) mass is 1310 g/mol. The standard InChI is InChI=1S/C70H132O17P2/c1-8-11-12-13-14-15-16-17-18-19-20-21-30-37-44-51-67(72)80-57-65(86-69(74)53-46-39-31-24-22-28-35-42-49-62(6)9-2)59-84-88(76,77)82-55-64(71)56-83-89(78,79)85-60-66(58-81-68(73)52-45-38-33-26-27-34-41-48-61(4)5)87-70(75)54-47-40-32-25-23-29-36-43-50-63(7)10-3/h15-18,61-66,71H,8-14,19-60H2,1-7H3,(H,76,77)(H,78,79)/b16-15-,18-17-/t62?,63?,64?,65-,66-/m1/s1. The van der Waals surface area contributed by atoms with Crippen molar-refractivity contribution in [2.45, 2.75) is 343 Å². The van der Waals surface area contributed by atoms with Gasteiger partial charge in [-0.1, -0.05) is 272 Å². The third-order valence-corrected chi connectivity index (χ3v) is 18.1. The largest absolute Gasteiger partial charge is 0.472 e. The van der Waals surface area contributed by atoms with Crippen LogP contribution in [0.3, 0.4) is 0 Å². The first kappa shape index (κ1) is 86.5. The van der Waals surface area contributed by atoms with Crippen molar-refractivity contribution in [3.05, 3.63) is 24.3 Å². The molecular weight excluding hydrogens is 1170 g/mol. The predicted molar refractivity (Wildman–Crippen MR) is 358 cm³/mol. The third kappa shape index (κ3) is 61.5. The fourth-order valence-electron chi connectivity index (χ4n) is 9.94. The maximum Gasteiger partial charge on any atom is 0.472 e. The number of allylic oxidation sites excluding steroid dienone is 4. The summed E-state index contributed by atoms with van der Waals surface area (Å²) < 4.78 is 68.2. The van der Waals surface area contributed by atoms with Crippen molar-refractivity contribution in [1.82, 2.24) is 0 Å². The van der Waals surface area contributed by atoms with Crippen LogP contribution in [-0.4, -0.2) is 96.7 Å². The molecule has 0 rings (SSSR count). The first-order valence-electron chi connectivity index (χ1n) is 35.7. The molecule has 17 nitrogen and oxygen atoms in total. The zero-order valence-electron chi connectivity index (χ0n) is 57.4. The van der Waals surface area contributed by atoms with Gasteiger partial charge in [-0.3, -0.25) is 37.3 Å². The molecular formula is C70H132O17P2. The number of phosphoric acid groups is 2. The van der Waals surface area contributed by atoms with Crippen molar-refractivity contribution in [3.63, 3.8) is 0 Å². The normalized spacial score (nSPS) is 15.0. The molecule has 524 valence electrons. The number of aliphatic hydroxyl groups is 1. The summed E-state index contributed by atoms with van der Waals surface area (Å²) in [5.74, 6) is 0.0770. The van der Waals surface area contributed by atoms with E-state index in [0.717, 1.165) is 127 Å². The second-order valence-electron chi connectivity index (χ2n) is 25.5. The van der Waals surface area contributed by atoms with Crippen LogP contribution in [-0.2, 0) is 65.4 Å². The average Bonchev–Trinajstić information content (AvgIpc) is 3.67. The number of esters is 4. The van der Waals surface area contributed by atoms with E-state index in [2.05, 4.69) is 72.8 Å². The Bertz CT molecular complexity index is 1850. The summed E-state index contributed by atoms with van der Waals surface area (Å²) in [4.78, 5) is 72.5. The van der Waals surface area contributed by atoms with Gasteiger partial charge in [-0.05, 0) is 69.1 Å². The molecule has 0 amide bonds. The zero-order chi connectivity index (χ0) is 65.9. The number of aliphatic hydroxyl groups excluding tert-OH is 1. The molecule has 0 aromatic carbocycles. The highest BCUT2D eigenvalue weighted by atomic mass is 31.2. The minimum atomic E-state index is -4.96. The Morgan fingerprint density at radius 2 is 0.663 bits per heavy atom. The van der Waals surface area contributed by atoms with Crippen molar-refractivity contribution in [2.24, 2.45) is 17.8 Å². The van der Waals surface area contributed by atoms with Crippen LogP contribution < -0.4 is 0 Å². The van der Waals surface area contributed by atoms with E-state index in [0.29, 0.717) is 31.6 Å².